The maximum Gasteiger partial charge on any atom is 0.406 e. The fourth-order valence-electron chi connectivity index (χ4n) is 0.988. The van der Waals surface area contributed by atoms with Gasteiger partial charge in [0.25, 0.3) is 5.91 Å². The molecule has 1 aliphatic rings. The lowest BCUT2D eigenvalue weighted by Gasteiger charge is -2.16. The molecule has 1 fully saturated rings. The highest BCUT2D eigenvalue weighted by molar-refractivity contribution is 7.80. The highest BCUT2D eigenvalue weighted by Gasteiger charge is 2.40. The minimum absolute atomic E-state index is 0.158. The number of alkyl halides is 3. The molecule has 0 aliphatic carbocycles. The predicted octanol–water partition coefficient (Wildman–Crippen LogP) is 0.654. The van der Waals surface area contributed by atoms with Gasteiger partial charge in [-0.1, -0.05) is 0 Å². The topological polar surface area (TPSA) is 32.3 Å². The van der Waals surface area contributed by atoms with Crippen molar-refractivity contribution in [1.82, 2.24) is 10.2 Å². The standard InChI is InChI=1S/C6H7F3N2OS/c1-3-4(12)11(5(13)10-3)2-6(7,8)9/h3H,2H2,1H3,(H,10,13). The van der Waals surface area contributed by atoms with Crippen LogP contribution >= 0.6 is 12.2 Å². The number of nitrogens with one attached hydrogen (secondary N) is 1. The first kappa shape index (κ1) is 10.2. The fraction of sp³-hybridized carbons (Fsp3) is 0.667. The van der Waals surface area contributed by atoms with E-state index in [2.05, 4.69) is 17.5 Å². The fourth-order valence-corrected chi connectivity index (χ4v) is 1.32. The van der Waals surface area contributed by atoms with Crippen molar-refractivity contribution in [2.45, 2.75) is 19.1 Å². The molecular formula is C6H7F3N2OS. The van der Waals surface area contributed by atoms with Gasteiger partial charge in [0.1, 0.15) is 12.6 Å². The highest BCUT2D eigenvalue weighted by Crippen LogP contribution is 2.19. The van der Waals surface area contributed by atoms with Crippen LogP contribution in [0.1, 0.15) is 6.92 Å². The van der Waals surface area contributed by atoms with Crippen molar-refractivity contribution in [3.8, 4) is 0 Å². The van der Waals surface area contributed by atoms with Gasteiger partial charge in [0.15, 0.2) is 5.11 Å². The Bertz CT molecular complexity index is 253. The predicted molar refractivity (Wildman–Crippen MR) is 43.0 cm³/mol. The third-order valence-corrected chi connectivity index (χ3v) is 1.90. The molecule has 7 heteroatoms. The zero-order valence-electron chi connectivity index (χ0n) is 6.68. The lowest BCUT2D eigenvalue weighted by atomic mass is 10.3. The Morgan fingerprint density at radius 2 is 2.15 bits per heavy atom. The van der Waals surface area contributed by atoms with Crippen LogP contribution in [-0.4, -0.2) is 34.7 Å². The Morgan fingerprint density at radius 1 is 1.62 bits per heavy atom. The highest BCUT2D eigenvalue weighted by atomic mass is 32.1. The van der Waals surface area contributed by atoms with Crippen LogP contribution in [0.5, 0.6) is 0 Å². The van der Waals surface area contributed by atoms with E-state index in [0.717, 1.165) is 0 Å². The zero-order valence-corrected chi connectivity index (χ0v) is 7.50. The van der Waals surface area contributed by atoms with Crippen LogP contribution in [0, 0.1) is 0 Å². The molecule has 1 N–H and O–H groups in total. The van der Waals surface area contributed by atoms with Crippen LogP contribution in [0.15, 0.2) is 0 Å². The summed E-state index contributed by atoms with van der Waals surface area (Å²) < 4.78 is 35.7. The van der Waals surface area contributed by atoms with Crippen molar-refractivity contribution < 1.29 is 18.0 Å². The number of rotatable bonds is 1. The normalized spacial score (nSPS) is 23.7. The lowest BCUT2D eigenvalue weighted by molar-refractivity contribution is -0.151. The van der Waals surface area contributed by atoms with Gasteiger partial charge in [-0.3, -0.25) is 9.69 Å². The number of hydrogen-bond donors (Lipinski definition) is 1. The van der Waals surface area contributed by atoms with Crippen molar-refractivity contribution in [3.63, 3.8) is 0 Å². The molecule has 1 amide bonds. The number of carbonyl (C=O) groups is 1. The monoisotopic (exact) mass is 212 g/mol. The molecule has 0 saturated carbocycles. The molecule has 0 radical (unpaired) electrons. The van der Waals surface area contributed by atoms with Crippen LogP contribution < -0.4 is 5.32 Å². The zero-order chi connectivity index (χ0) is 10.2. The molecule has 1 saturated heterocycles. The summed E-state index contributed by atoms with van der Waals surface area (Å²) in [6.07, 6.45) is -4.41. The molecule has 1 aliphatic heterocycles. The quantitative estimate of drug-likeness (QED) is 0.648. The minimum atomic E-state index is -4.41. The van der Waals surface area contributed by atoms with E-state index in [1.807, 2.05) is 0 Å². The van der Waals surface area contributed by atoms with Crippen molar-refractivity contribution in [1.29, 1.82) is 0 Å². The Labute approximate surface area is 77.9 Å². The van der Waals surface area contributed by atoms with E-state index in [0.29, 0.717) is 4.90 Å². The first-order chi connectivity index (χ1) is 5.81. The summed E-state index contributed by atoms with van der Waals surface area (Å²) >= 11 is 4.56. The van der Waals surface area contributed by atoms with Gasteiger partial charge in [-0.05, 0) is 19.1 Å². The molecule has 0 aromatic carbocycles. The van der Waals surface area contributed by atoms with E-state index in [4.69, 9.17) is 0 Å². The molecule has 13 heavy (non-hydrogen) atoms. The molecule has 0 spiro atoms. The van der Waals surface area contributed by atoms with Crippen molar-refractivity contribution in [3.05, 3.63) is 0 Å². The summed E-state index contributed by atoms with van der Waals surface area (Å²) in [5, 5.41) is 2.29. The molecular weight excluding hydrogens is 205 g/mol. The molecule has 0 aromatic heterocycles. The lowest BCUT2D eigenvalue weighted by Crippen LogP contribution is -2.39. The first-order valence-corrected chi connectivity index (χ1v) is 3.91. The van der Waals surface area contributed by atoms with Gasteiger partial charge < -0.3 is 5.32 Å². The van der Waals surface area contributed by atoms with E-state index >= 15 is 0 Å². The van der Waals surface area contributed by atoms with Gasteiger partial charge in [-0.2, -0.15) is 13.2 Å². The Morgan fingerprint density at radius 3 is 2.46 bits per heavy atom. The molecule has 0 bridgehead atoms. The smallest absolute Gasteiger partial charge is 0.351 e. The van der Waals surface area contributed by atoms with Gasteiger partial charge in [-0.25, -0.2) is 0 Å². The average Bonchev–Trinajstić information content (AvgIpc) is 2.14. The van der Waals surface area contributed by atoms with Crippen LogP contribution in [0.25, 0.3) is 0 Å². The number of carbonyl (C=O) groups excluding carboxylic acids is 1. The summed E-state index contributed by atoms with van der Waals surface area (Å²) in [6, 6.07) is -0.658. The van der Waals surface area contributed by atoms with Crippen LogP contribution in [0.3, 0.4) is 0 Å². The molecule has 1 atom stereocenters. The molecule has 74 valence electrons. The van der Waals surface area contributed by atoms with Crippen LogP contribution in [-0.2, 0) is 4.79 Å². The first-order valence-electron chi connectivity index (χ1n) is 3.50. The summed E-state index contributed by atoms with van der Waals surface area (Å²) in [4.78, 5) is 11.6. The SMILES string of the molecule is CC1NC(=S)N(CC(F)(F)F)C1=O. The molecule has 0 aromatic rings. The van der Waals surface area contributed by atoms with E-state index in [9.17, 15) is 18.0 Å². The van der Waals surface area contributed by atoms with Gasteiger partial charge in [0.2, 0.25) is 0 Å². The number of thiocarbonyl (C=S) groups is 1. The van der Waals surface area contributed by atoms with E-state index < -0.39 is 24.7 Å². The number of halogens is 3. The van der Waals surface area contributed by atoms with Crippen molar-refractivity contribution >= 4 is 23.2 Å². The Hall–Kier alpha value is -0.850. The number of nitrogens with zero attached hydrogens (tertiary/aromatic N) is 1. The maximum absolute atomic E-state index is 11.9. The van der Waals surface area contributed by atoms with Crippen LogP contribution in [0.2, 0.25) is 0 Å². The Kier molecular flexibility index (Phi) is 2.47. The minimum Gasteiger partial charge on any atom is -0.351 e. The van der Waals surface area contributed by atoms with Gasteiger partial charge in [-0.15, -0.1) is 0 Å². The largest absolute Gasteiger partial charge is 0.406 e. The summed E-state index contributed by atoms with van der Waals surface area (Å²) in [5.41, 5.74) is 0. The molecule has 1 heterocycles. The summed E-state index contributed by atoms with van der Waals surface area (Å²) in [7, 11) is 0. The number of hydrogen-bond acceptors (Lipinski definition) is 2. The molecule has 1 rings (SSSR count). The third-order valence-electron chi connectivity index (χ3n) is 1.56. The van der Waals surface area contributed by atoms with E-state index in [1.54, 1.807) is 0 Å². The maximum atomic E-state index is 11.9. The third kappa shape index (κ3) is 2.30. The van der Waals surface area contributed by atoms with Crippen LogP contribution in [0.4, 0.5) is 13.2 Å². The molecule has 1 unspecified atom stereocenters. The van der Waals surface area contributed by atoms with Gasteiger partial charge in [0, 0.05) is 0 Å². The Balaban J connectivity index is 2.70. The van der Waals surface area contributed by atoms with Crippen molar-refractivity contribution in [2.24, 2.45) is 0 Å². The van der Waals surface area contributed by atoms with E-state index in [1.165, 1.54) is 6.92 Å². The second-order valence-corrected chi connectivity index (χ2v) is 3.10. The second kappa shape index (κ2) is 3.13. The van der Waals surface area contributed by atoms with E-state index in [-0.39, 0.29) is 5.11 Å². The summed E-state index contributed by atoms with van der Waals surface area (Å²) in [6.45, 7) is 0.146. The van der Waals surface area contributed by atoms with Crippen molar-refractivity contribution in [2.75, 3.05) is 6.54 Å². The average molecular weight is 212 g/mol. The van der Waals surface area contributed by atoms with Gasteiger partial charge >= 0.3 is 6.18 Å². The second-order valence-electron chi connectivity index (χ2n) is 2.71. The number of amides is 1. The summed E-state index contributed by atoms with van der Waals surface area (Å²) in [5.74, 6) is -0.637. The van der Waals surface area contributed by atoms with Gasteiger partial charge in [0.05, 0.1) is 0 Å². The molecule has 3 nitrogen and oxygen atoms in total.